The molecule has 0 aliphatic rings. The molecule has 4 N–H and O–H groups in total. The molecule has 3 amide bonds. The second-order valence-electron chi connectivity index (χ2n) is 4.93. The van der Waals surface area contributed by atoms with Gasteiger partial charge in [0.2, 0.25) is 17.7 Å². The molecule has 0 saturated carbocycles. The van der Waals surface area contributed by atoms with Crippen LogP contribution in [-0.4, -0.2) is 29.8 Å². The van der Waals surface area contributed by atoms with Gasteiger partial charge in [-0.2, -0.15) is 0 Å². The number of amides is 3. The van der Waals surface area contributed by atoms with E-state index in [0.29, 0.717) is 6.42 Å². The van der Waals surface area contributed by atoms with Crippen molar-refractivity contribution in [1.82, 2.24) is 10.6 Å². The van der Waals surface area contributed by atoms with Gasteiger partial charge in [0.1, 0.15) is 12.1 Å². The van der Waals surface area contributed by atoms with Crippen LogP contribution in [0.4, 0.5) is 0 Å². The van der Waals surface area contributed by atoms with Crippen LogP contribution >= 0.6 is 0 Å². The summed E-state index contributed by atoms with van der Waals surface area (Å²) >= 11 is 0. The summed E-state index contributed by atoms with van der Waals surface area (Å²) in [6, 6.07) is 7.67. The van der Waals surface area contributed by atoms with Crippen LogP contribution in [0.2, 0.25) is 0 Å². The van der Waals surface area contributed by atoms with Crippen molar-refractivity contribution in [2.45, 2.75) is 31.8 Å². The average Bonchev–Trinajstić information content (AvgIpc) is 2.46. The minimum absolute atomic E-state index is 0.235. The lowest BCUT2D eigenvalue weighted by Gasteiger charge is -2.21. The van der Waals surface area contributed by atoms with Crippen LogP contribution in [0, 0.1) is 0 Å². The van der Waals surface area contributed by atoms with Crippen LogP contribution in [0.15, 0.2) is 43.0 Å². The average molecular weight is 303 g/mol. The molecule has 0 fully saturated rings. The number of primary amides is 1. The highest BCUT2D eigenvalue weighted by atomic mass is 16.2. The minimum Gasteiger partial charge on any atom is -0.368 e. The number of benzene rings is 1. The van der Waals surface area contributed by atoms with Gasteiger partial charge in [0.25, 0.3) is 0 Å². The van der Waals surface area contributed by atoms with Crippen molar-refractivity contribution < 1.29 is 14.4 Å². The van der Waals surface area contributed by atoms with Gasteiger partial charge in [0.05, 0.1) is 0 Å². The fourth-order valence-electron chi connectivity index (χ4n) is 1.99. The molecule has 6 nitrogen and oxygen atoms in total. The minimum atomic E-state index is -0.836. The first-order valence-corrected chi connectivity index (χ1v) is 6.95. The maximum absolute atomic E-state index is 12.3. The number of nitrogens with two attached hydrogens (primary N) is 1. The van der Waals surface area contributed by atoms with E-state index in [9.17, 15) is 14.4 Å². The Balaban J connectivity index is 2.81. The molecule has 0 bridgehead atoms. The molecule has 0 saturated heterocycles. The molecule has 0 spiro atoms. The molecule has 0 aliphatic carbocycles. The van der Waals surface area contributed by atoms with Crippen molar-refractivity contribution >= 4 is 17.7 Å². The Morgan fingerprint density at radius 3 is 2.32 bits per heavy atom. The van der Waals surface area contributed by atoms with Crippen molar-refractivity contribution in [2.75, 3.05) is 0 Å². The van der Waals surface area contributed by atoms with Crippen molar-refractivity contribution in [3.63, 3.8) is 0 Å². The van der Waals surface area contributed by atoms with Crippen molar-refractivity contribution in [1.29, 1.82) is 0 Å². The van der Waals surface area contributed by atoms with Crippen molar-refractivity contribution in [3.8, 4) is 0 Å². The fourth-order valence-corrected chi connectivity index (χ4v) is 1.99. The van der Waals surface area contributed by atoms with Crippen LogP contribution in [0.25, 0.3) is 0 Å². The Bertz CT molecular complexity index is 543. The first kappa shape index (κ1) is 17.4. The Hall–Kier alpha value is -2.63. The third-order valence-corrected chi connectivity index (χ3v) is 3.04. The summed E-state index contributed by atoms with van der Waals surface area (Å²) in [6.45, 7) is 4.86. The second kappa shape index (κ2) is 8.61. The summed E-state index contributed by atoms with van der Waals surface area (Å²) in [7, 11) is 0. The predicted molar refractivity (Wildman–Crippen MR) is 83.7 cm³/mol. The topological polar surface area (TPSA) is 101 Å². The van der Waals surface area contributed by atoms with Gasteiger partial charge in [-0.25, -0.2) is 0 Å². The van der Waals surface area contributed by atoms with Gasteiger partial charge in [-0.3, -0.25) is 14.4 Å². The number of carbonyl (C=O) groups is 3. The lowest BCUT2D eigenvalue weighted by molar-refractivity contribution is -0.130. The largest absolute Gasteiger partial charge is 0.368 e. The molecule has 1 aromatic rings. The summed E-state index contributed by atoms with van der Waals surface area (Å²) in [5.74, 6) is -1.42. The lowest BCUT2D eigenvalue weighted by Crippen LogP contribution is -2.53. The Labute approximate surface area is 129 Å². The van der Waals surface area contributed by atoms with E-state index in [1.54, 1.807) is 0 Å². The Kier molecular flexibility index (Phi) is 6.82. The summed E-state index contributed by atoms with van der Waals surface area (Å²) in [6.07, 6.45) is 2.06. The molecule has 0 aliphatic heterocycles. The third-order valence-electron chi connectivity index (χ3n) is 3.04. The molecule has 0 aromatic heterocycles. The second-order valence-corrected chi connectivity index (χ2v) is 4.93. The number of hydrogen-bond acceptors (Lipinski definition) is 3. The highest BCUT2D eigenvalue weighted by Crippen LogP contribution is 2.04. The van der Waals surface area contributed by atoms with E-state index in [-0.39, 0.29) is 12.3 Å². The quantitative estimate of drug-likeness (QED) is 0.601. The van der Waals surface area contributed by atoms with Crippen LogP contribution < -0.4 is 16.4 Å². The number of rotatable bonds is 8. The highest BCUT2D eigenvalue weighted by molar-refractivity contribution is 5.91. The lowest BCUT2D eigenvalue weighted by atomic mass is 10.0. The van der Waals surface area contributed by atoms with Crippen molar-refractivity contribution in [3.05, 3.63) is 48.6 Å². The summed E-state index contributed by atoms with van der Waals surface area (Å²) in [5.41, 5.74) is 6.14. The molecule has 0 radical (unpaired) electrons. The predicted octanol–water partition coefficient (Wildman–Crippen LogP) is 0.280. The highest BCUT2D eigenvalue weighted by Gasteiger charge is 2.24. The van der Waals surface area contributed by atoms with E-state index in [1.165, 1.54) is 13.0 Å². The van der Waals surface area contributed by atoms with Gasteiger partial charge >= 0.3 is 0 Å². The zero-order chi connectivity index (χ0) is 16.5. The fraction of sp³-hybridized carbons (Fsp3) is 0.312. The maximum atomic E-state index is 12.3. The van der Waals surface area contributed by atoms with Crippen LogP contribution in [0.5, 0.6) is 0 Å². The van der Waals surface area contributed by atoms with Gasteiger partial charge in [0, 0.05) is 13.3 Å². The smallest absolute Gasteiger partial charge is 0.243 e. The third kappa shape index (κ3) is 5.78. The van der Waals surface area contributed by atoms with E-state index in [0.717, 1.165) is 5.56 Å². The molecular weight excluding hydrogens is 282 g/mol. The SMILES string of the molecule is C=CC[C@H](NC(=O)[C@H](Cc1ccccc1)NC(C)=O)C(N)=O. The van der Waals surface area contributed by atoms with E-state index in [4.69, 9.17) is 5.73 Å². The van der Waals surface area contributed by atoms with Crippen LogP contribution in [0.3, 0.4) is 0 Å². The number of nitrogens with one attached hydrogen (secondary N) is 2. The van der Waals surface area contributed by atoms with Gasteiger partial charge in [-0.1, -0.05) is 36.4 Å². The molecule has 22 heavy (non-hydrogen) atoms. The molecule has 1 rings (SSSR count). The Morgan fingerprint density at radius 1 is 1.18 bits per heavy atom. The first-order valence-electron chi connectivity index (χ1n) is 6.95. The normalized spacial score (nSPS) is 12.8. The van der Waals surface area contributed by atoms with Gasteiger partial charge < -0.3 is 16.4 Å². The van der Waals surface area contributed by atoms with Crippen LogP contribution in [0.1, 0.15) is 18.9 Å². The zero-order valence-corrected chi connectivity index (χ0v) is 12.5. The van der Waals surface area contributed by atoms with E-state index < -0.39 is 23.9 Å². The molecule has 0 unspecified atom stereocenters. The summed E-state index contributed by atoms with van der Waals surface area (Å²) < 4.78 is 0. The maximum Gasteiger partial charge on any atom is 0.243 e. The van der Waals surface area contributed by atoms with Gasteiger partial charge in [-0.15, -0.1) is 6.58 Å². The number of carbonyl (C=O) groups excluding carboxylic acids is 3. The van der Waals surface area contributed by atoms with E-state index in [2.05, 4.69) is 17.2 Å². The Morgan fingerprint density at radius 2 is 1.82 bits per heavy atom. The molecule has 118 valence electrons. The standard InChI is InChI=1S/C16H21N3O3/c1-3-7-13(15(17)21)19-16(22)14(18-11(2)20)10-12-8-5-4-6-9-12/h3-6,8-9,13-14H,1,7,10H2,2H3,(H2,17,21)(H,18,20)(H,19,22)/t13-,14-/m0/s1. The molecule has 2 atom stereocenters. The van der Waals surface area contributed by atoms with E-state index in [1.807, 2.05) is 30.3 Å². The monoisotopic (exact) mass is 303 g/mol. The van der Waals surface area contributed by atoms with Gasteiger partial charge in [-0.05, 0) is 12.0 Å². The zero-order valence-electron chi connectivity index (χ0n) is 12.5. The summed E-state index contributed by atoms with van der Waals surface area (Å²) in [4.78, 5) is 34.9. The van der Waals surface area contributed by atoms with Crippen molar-refractivity contribution in [2.24, 2.45) is 5.73 Å². The molecule has 1 aromatic carbocycles. The molecule has 0 heterocycles. The molecular formula is C16H21N3O3. The van der Waals surface area contributed by atoms with E-state index >= 15 is 0 Å². The molecule has 6 heteroatoms. The van der Waals surface area contributed by atoms with Crippen LogP contribution in [-0.2, 0) is 20.8 Å². The number of hydrogen-bond donors (Lipinski definition) is 3. The summed E-state index contributed by atoms with van der Waals surface area (Å²) in [5, 5.41) is 5.13. The van der Waals surface area contributed by atoms with Gasteiger partial charge in [0.15, 0.2) is 0 Å². The first-order chi connectivity index (χ1) is 10.4.